The van der Waals surface area contributed by atoms with Gasteiger partial charge in [0, 0.05) is 0 Å². The van der Waals surface area contributed by atoms with Gasteiger partial charge in [-0.2, -0.15) is 0 Å². The minimum Gasteiger partial charge on any atom is -0.414 e. The molecule has 0 radical (unpaired) electrons. The van der Waals surface area contributed by atoms with Crippen LogP contribution in [0.4, 0.5) is 0 Å². The van der Waals surface area contributed by atoms with Crippen LogP contribution < -0.4 is 0 Å². The lowest BCUT2D eigenvalue weighted by molar-refractivity contribution is 0.233. The minimum absolute atomic E-state index is 0.00958. The van der Waals surface area contributed by atoms with E-state index in [9.17, 15) is 0 Å². The van der Waals surface area contributed by atoms with E-state index in [0.29, 0.717) is 6.10 Å². The Morgan fingerprint density at radius 1 is 0.962 bits per heavy atom. The van der Waals surface area contributed by atoms with Crippen molar-refractivity contribution in [3.63, 3.8) is 0 Å². The van der Waals surface area contributed by atoms with Crippen LogP contribution >= 0.6 is 0 Å². The Morgan fingerprint density at radius 3 is 2.12 bits per heavy atom. The lowest BCUT2D eigenvalue weighted by Crippen LogP contribution is -2.42. The first-order valence-electron chi connectivity index (χ1n) is 10.2. The maximum atomic E-state index is 9.04. The van der Waals surface area contributed by atoms with Gasteiger partial charge in [0.2, 0.25) is 0 Å². The Balaban J connectivity index is 1.33. The van der Waals surface area contributed by atoms with Crippen molar-refractivity contribution in [2.45, 2.75) is 114 Å². The van der Waals surface area contributed by atoms with Gasteiger partial charge in [-0.1, -0.05) is 20.8 Å². The van der Waals surface area contributed by atoms with E-state index in [1.807, 2.05) is 0 Å². The first-order chi connectivity index (χ1) is 11.9. The molecule has 26 heavy (non-hydrogen) atoms. The molecule has 3 fully saturated rings. The lowest BCUT2D eigenvalue weighted by Gasteiger charge is -2.36. The Morgan fingerprint density at radius 2 is 1.54 bits per heavy atom. The molecule has 0 aromatic heterocycles. The van der Waals surface area contributed by atoms with Crippen LogP contribution in [0.15, 0.2) is 0 Å². The van der Waals surface area contributed by atoms with E-state index in [2.05, 4.69) is 47.7 Å². The number of hydrogen-bond donors (Lipinski definition) is 1. The summed E-state index contributed by atoms with van der Waals surface area (Å²) in [5.74, 6) is 0. The van der Waals surface area contributed by atoms with Gasteiger partial charge in [-0.3, -0.25) is 0 Å². The van der Waals surface area contributed by atoms with E-state index in [0.717, 1.165) is 32.3 Å². The van der Waals surface area contributed by atoms with Crippen LogP contribution in [0.3, 0.4) is 0 Å². The summed E-state index contributed by atoms with van der Waals surface area (Å²) >= 11 is 0. The average Bonchev–Trinajstić information content (AvgIpc) is 3.43. The summed E-state index contributed by atoms with van der Waals surface area (Å²) in [7, 11) is -1.70. The third kappa shape index (κ3) is 4.53. The van der Waals surface area contributed by atoms with E-state index < -0.39 is 8.32 Å². The molecule has 0 unspecified atom stereocenters. The van der Waals surface area contributed by atoms with Crippen molar-refractivity contribution in [1.82, 2.24) is 0 Å². The molecule has 0 aliphatic carbocycles. The van der Waals surface area contributed by atoms with E-state index in [-0.39, 0.29) is 41.2 Å². The first-order valence-corrected chi connectivity index (χ1v) is 13.1. The van der Waals surface area contributed by atoms with E-state index in [1.54, 1.807) is 0 Å². The van der Waals surface area contributed by atoms with Gasteiger partial charge in [-0.05, 0) is 57.7 Å². The number of aliphatic hydroxyl groups is 1. The molecule has 5 nitrogen and oxygen atoms in total. The zero-order chi connectivity index (χ0) is 19.4. The van der Waals surface area contributed by atoms with Crippen molar-refractivity contribution in [2.75, 3.05) is 13.2 Å². The number of rotatable bonds is 10. The van der Waals surface area contributed by atoms with Gasteiger partial charge in [0.1, 0.15) is 12.2 Å². The molecule has 152 valence electrons. The van der Waals surface area contributed by atoms with Crippen molar-refractivity contribution >= 4 is 8.32 Å². The highest BCUT2D eigenvalue weighted by Gasteiger charge is 2.57. The van der Waals surface area contributed by atoms with Gasteiger partial charge in [-0.25, -0.2) is 0 Å². The Hall–Kier alpha value is 0.0169. The molecule has 0 bridgehead atoms. The largest absolute Gasteiger partial charge is 0.414 e. The van der Waals surface area contributed by atoms with Crippen LogP contribution in [0.25, 0.3) is 0 Å². The fourth-order valence-electron chi connectivity index (χ4n) is 3.54. The molecule has 3 saturated heterocycles. The lowest BCUT2D eigenvalue weighted by atomic mass is 9.93. The molecule has 1 N–H and O–H groups in total. The fourth-order valence-corrected chi connectivity index (χ4v) is 4.54. The Kier molecular flexibility index (Phi) is 5.44. The Labute approximate surface area is 159 Å². The van der Waals surface area contributed by atoms with Gasteiger partial charge in [0.15, 0.2) is 8.32 Å². The molecule has 3 aliphatic heterocycles. The summed E-state index contributed by atoms with van der Waals surface area (Å²) in [6.07, 6.45) is 4.92. The second kappa shape index (κ2) is 6.81. The number of epoxide rings is 3. The summed E-state index contributed by atoms with van der Waals surface area (Å²) in [4.78, 5) is 0. The quantitative estimate of drug-likeness (QED) is 0.458. The predicted octanol–water partition coefficient (Wildman–Crippen LogP) is 3.64. The standard InChI is InChI=1S/C20H38O5Si/c1-18(2,3)26(6,7)22-13-17-20(5,25-17)11-9-16-19(4,24-16)10-8-14-15(12-21)23-14/h14-17,21H,8-13H2,1-7H3/t14-,15-,16+,17-,19+,20+/m0/s1. The SMILES string of the molecule is CC(C)(C)[Si](C)(C)OC[C@@H]1O[C@]1(C)CC[C@H]1O[C@]1(C)CC[C@@H]1O[C@H]1CO. The van der Waals surface area contributed by atoms with Crippen LogP contribution in [0, 0.1) is 0 Å². The van der Waals surface area contributed by atoms with Crippen LogP contribution in [0.5, 0.6) is 0 Å². The molecular formula is C20H38O5Si. The smallest absolute Gasteiger partial charge is 0.192 e. The summed E-state index contributed by atoms with van der Waals surface area (Å²) in [6.45, 7) is 16.7. The third-order valence-electron chi connectivity index (χ3n) is 7.17. The minimum atomic E-state index is -1.70. The molecule has 6 heteroatoms. The number of ether oxygens (including phenoxy) is 3. The van der Waals surface area contributed by atoms with Crippen LogP contribution in [-0.2, 0) is 18.6 Å². The summed E-state index contributed by atoms with van der Waals surface area (Å²) in [5.41, 5.74) is -0.0544. The fraction of sp³-hybridized carbons (Fsp3) is 1.00. The van der Waals surface area contributed by atoms with Crippen molar-refractivity contribution in [3.8, 4) is 0 Å². The highest BCUT2D eigenvalue weighted by atomic mass is 28.4. The molecule has 0 aromatic carbocycles. The van der Waals surface area contributed by atoms with E-state index >= 15 is 0 Å². The second-order valence-corrected chi connectivity index (χ2v) is 15.2. The zero-order valence-electron chi connectivity index (χ0n) is 17.6. The summed E-state index contributed by atoms with van der Waals surface area (Å²) < 4.78 is 23.7. The average molecular weight is 387 g/mol. The first kappa shape index (κ1) is 20.7. The highest BCUT2D eigenvalue weighted by molar-refractivity contribution is 6.74. The number of aliphatic hydroxyl groups excluding tert-OH is 1. The second-order valence-electron chi connectivity index (χ2n) is 10.4. The maximum Gasteiger partial charge on any atom is 0.192 e. The summed E-state index contributed by atoms with van der Waals surface area (Å²) in [6, 6.07) is 0. The molecule has 0 amide bonds. The van der Waals surface area contributed by atoms with Gasteiger partial charge in [0.05, 0.1) is 36.6 Å². The monoisotopic (exact) mass is 386 g/mol. The van der Waals surface area contributed by atoms with Gasteiger partial charge in [0.25, 0.3) is 0 Å². The zero-order valence-corrected chi connectivity index (χ0v) is 18.6. The van der Waals surface area contributed by atoms with Crippen LogP contribution in [-0.4, -0.2) is 62.3 Å². The van der Waals surface area contributed by atoms with Gasteiger partial charge < -0.3 is 23.7 Å². The number of hydrogen-bond acceptors (Lipinski definition) is 5. The maximum absolute atomic E-state index is 9.04. The molecule has 3 heterocycles. The van der Waals surface area contributed by atoms with Crippen molar-refractivity contribution in [2.24, 2.45) is 0 Å². The predicted molar refractivity (Wildman–Crippen MR) is 104 cm³/mol. The molecule has 0 spiro atoms. The third-order valence-corrected chi connectivity index (χ3v) is 11.7. The van der Waals surface area contributed by atoms with Crippen LogP contribution in [0.1, 0.15) is 60.3 Å². The molecule has 3 rings (SSSR count). The Bertz CT molecular complexity index is 519. The van der Waals surface area contributed by atoms with Crippen molar-refractivity contribution < 1.29 is 23.7 Å². The normalized spacial score (nSPS) is 42.0. The van der Waals surface area contributed by atoms with E-state index in [1.165, 1.54) is 0 Å². The molecular weight excluding hydrogens is 348 g/mol. The van der Waals surface area contributed by atoms with Crippen molar-refractivity contribution in [1.29, 1.82) is 0 Å². The van der Waals surface area contributed by atoms with Gasteiger partial charge >= 0.3 is 0 Å². The van der Waals surface area contributed by atoms with Crippen LogP contribution in [0.2, 0.25) is 18.1 Å². The van der Waals surface area contributed by atoms with Gasteiger partial charge in [-0.15, -0.1) is 0 Å². The molecule has 0 saturated carbocycles. The highest BCUT2D eigenvalue weighted by Crippen LogP contribution is 2.49. The molecule has 3 aliphatic rings. The van der Waals surface area contributed by atoms with Crippen molar-refractivity contribution in [3.05, 3.63) is 0 Å². The molecule has 0 aromatic rings. The summed E-state index contributed by atoms with van der Waals surface area (Å²) in [5, 5.41) is 9.28. The molecule has 6 atom stereocenters. The van der Waals surface area contributed by atoms with E-state index in [4.69, 9.17) is 23.7 Å². The topological polar surface area (TPSA) is 67.0 Å².